The van der Waals surface area contributed by atoms with Crippen LogP contribution in [0.15, 0.2) is 36.7 Å². The van der Waals surface area contributed by atoms with Gasteiger partial charge in [-0.15, -0.1) is 0 Å². The summed E-state index contributed by atoms with van der Waals surface area (Å²) in [5.41, 5.74) is 3.58. The van der Waals surface area contributed by atoms with Gasteiger partial charge in [-0.1, -0.05) is 30.3 Å². The molecule has 1 amide bonds. The highest BCUT2D eigenvalue weighted by Crippen LogP contribution is 2.37. The summed E-state index contributed by atoms with van der Waals surface area (Å²) in [6.07, 6.45) is 7.84. The molecule has 0 N–H and O–H groups in total. The predicted molar refractivity (Wildman–Crippen MR) is 99.6 cm³/mol. The van der Waals surface area contributed by atoms with E-state index >= 15 is 0 Å². The summed E-state index contributed by atoms with van der Waals surface area (Å²) in [6, 6.07) is 10.8. The molecule has 1 saturated carbocycles. The zero-order valence-corrected chi connectivity index (χ0v) is 15.2. The van der Waals surface area contributed by atoms with Crippen LogP contribution in [0.5, 0.6) is 0 Å². The lowest BCUT2D eigenvalue weighted by atomic mass is 10.0. The Labute approximate surface area is 154 Å². The molecular formula is C21H26N4O. The summed E-state index contributed by atoms with van der Waals surface area (Å²) in [6.45, 7) is 3.49. The molecule has 0 bridgehead atoms. The molecule has 2 aromatic rings. The zero-order valence-electron chi connectivity index (χ0n) is 15.2. The van der Waals surface area contributed by atoms with Crippen molar-refractivity contribution in [3.63, 3.8) is 0 Å². The Morgan fingerprint density at radius 1 is 1.08 bits per heavy atom. The Hall–Kier alpha value is -2.14. The molecule has 0 radical (unpaired) electrons. The Kier molecular flexibility index (Phi) is 4.04. The van der Waals surface area contributed by atoms with E-state index < -0.39 is 0 Å². The molecule has 1 unspecified atom stereocenters. The fourth-order valence-corrected chi connectivity index (χ4v) is 4.50. The maximum atomic E-state index is 13.5. The number of hydrogen-bond donors (Lipinski definition) is 0. The number of carbonyl (C=O) groups is 1. The van der Waals surface area contributed by atoms with Crippen molar-refractivity contribution in [3.8, 4) is 0 Å². The molecule has 1 aromatic heterocycles. The van der Waals surface area contributed by atoms with Gasteiger partial charge in [0.1, 0.15) is 6.04 Å². The van der Waals surface area contributed by atoms with Crippen LogP contribution in [0.1, 0.15) is 54.7 Å². The number of nitrogens with zero attached hydrogens (tertiary/aromatic N) is 4. The topological polar surface area (TPSA) is 41.4 Å². The maximum Gasteiger partial charge on any atom is 0.244 e. The van der Waals surface area contributed by atoms with Gasteiger partial charge in [-0.25, -0.2) is 4.98 Å². The van der Waals surface area contributed by atoms with Gasteiger partial charge in [0.05, 0.1) is 18.6 Å². The molecule has 2 aliphatic heterocycles. The minimum atomic E-state index is -0.147. The van der Waals surface area contributed by atoms with Gasteiger partial charge in [-0.2, -0.15) is 0 Å². The number of likely N-dealkylation sites (tertiary alicyclic amines) is 1. The summed E-state index contributed by atoms with van der Waals surface area (Å²) in [5.74, 6) is 0.240. The molecule has 5 rings (SSSR count). The third kappa shape index (κ3) is 2.84. The molecule has 2 fully saturated rings. The van der Waals surface area contributed by atoms with E-state index in [0.717, 1.165) is 37.3 Å². The quantitative estimate of drug-likeness (QED) is 0.851. The fourth-order valence-electron chi connectivity index (χ4n) is 4.50. The number of hydrogen-bond acceptors (Lipinski definition) is 3. The van der Waals surface area contributed by atoms with Crippen molar-refractivity contribution < 1.29 is 4.79 Å². The molecule has 1 saturated heterocycles. The average Bonchev–Trinajstić information content (AvgIpc) is 3.21. The molecule has 1 aromatic carbocycles. The monoisotopic (exact) mass is 350 g/mol. The van der Waals surface area contributed by atoms with Crippen LogP contribution < -0.4 is 0 Å². The summed E-state index contributed by atoms with van der Waals surface area (Å²) in [4.78, 5) is 22.5. The third-order valence-electron chi connectivity index (χ3n) is 6.05. The minimum Gasteiger partial charge on any atom is -0.335 e. The van der Waals surface area contributed by atoms with Gasteiger partial charge in [0.25, 0.3) is 0 Å². The van der Waals surface area contributed by atoms with Crippen molar-refractivity contribution in [2.24, 2.45) is 0 Å². The predicted octanol–water partition coefficient (Wildman–Crippen LogP) is 2.94. The van der Waals surface area contributed by atoms with Crippen molar-refractivity contribution in [1.82, 2.24) is 19.4 Å². The van der Waals surface area contributed by atoms with Gasteiger partial charge in [-0.05, 0) is 44.3 Å². The Bertz CT molecular complexity index is 790. The van der Waals surface area contributed by atoms with Gasteiger partial charge < -0.3 is 9.47 Å². The first kappa shape index (κ1) is 16.1. The van der Waals surface area contributed by atoms with Gasteiger partial charge in [0.15, 0.2) is 0 Å². The van der Waals surface area contributed by atoms with Crippen molar-refractivity contribution >= 4 is 5.91 Å². The second-order valence-electron chi connectivity index (χ2n) is 7.84. The SMILES string of the molecule is O=C(C(c1ccccc1)N1CCCC1)N1CCc2c(ncn2C2CC2)C1. The maximum absolute atomic E-state index is 13.5. The van der Waals surface area contributed by atoms with Gasteiger partial charge in [0.2, 0.25) is 5.91 Å². The third-order valence-corrected chi connectivity index (χ3v) is 6.05. The lowest BCUT2D eigenvalue weighted by molar-refractivity contribution is -0.138. The summed E-state index contributed by atoms with van der Waals surface area (Å²) < 4.78 is 2.35. The van der Waals surface area contributed by atoms with Crippen LogP contribution in [0.2, 0.25) is 0 Å². The summed E-state index contributed by atoms with van der Waals surface area (Å²) in [7, 11) is 0. The molecule has 5 nitrogen and oxygen atoms in total. The number of rotatable bonds is 4. The van der Waals surface area contributed by atoms with E-state index in [1.54, 1.807) is 0 Å². The first-order valence-electron chi connectivity index (χ1n) is 9.93. The summed E-state index contributed by atoms with van der Waals surface area (Å²) >= 11 is 0. The molecule has 3 aliphatic rings. The largest absolute Gasteiger partial charge is 0.335 e. The van der Waals surface area contributed by atoms with E-state index in [2.05, 4.69) is 26.6 Å². The lowest BCUT2D eigenvalue weighted by Gasteiger charge is -2.34. The second kappa shape index (κ2) is 6.54. The highest BCUT2D eigenvalue weighted by molar-refractivity contribution is 5.83. The fraction of sp³-hybridized carbons (Fsp3) is 0.524. The van der Waals surface area contributed by atoms with Crippen molar-refractivity contribution in [1.29, 1.82) is 0 Å². The second-order valence-corrected chi connectivity index (χ2v) is 7.84. The van der Waals surface area contributed by atoms with Crippen molar-refractivity contribution in [2.45, 2.75) is 50.7 Å². The van der Waals surface area contributed by atoms with Gasteiger partial charge >= 0.3 is 0 Å². The number of benzene rings is 1. The van der Waals surface area contributed by atoms with Crippen LogP contribution in [0, 0.1) is 0 Å². The zero-order chi connectivity index (χ0) is 17.5. The number of aromatic nitrogens is 2. The standard InChI is InChI=1S/C21H26N4O/c26-21(20(23-11-4-5-12-23)16-6-2-1-3-7-16)24-13-10-19-18(14-24)22-15-25(19)17-8-9-17/h1-3,6-7,15,17,20H,4-5,8-14H2. The Balaban J connectivity index is 1.39. The molecule has 5 heteroatoms. The van der Waals surface area contributed by atoms with Crippen LogP contribution >= 0.6 is 0 Å². The van der Waals surface area contributed by atoms with E-state index in [4.69, 9.17) is 0 Å². The summed E-state index contributed by atoms with van der Waals surface area (Å²) in [5, 5.41) is 0. The molecular weight excluding hydrogens is 324 g/mol. The Morgan fingerprint density at radius 2 is 1.85 bits per heavy atom. The first-order valence-corrected chi connectivity index (χ1v) is 9.93. The normalized spacial score (nSPS) is 21.6. The smallest absolute Gasteiger partial charge is 0.244 e. The average molecular weight is 350 g/mol. The molecule has 26 heavy (non-hydrogen) atoms. The van der Waals surface area contributed by atoms with E-state index in [9.17, 15) is 4.79 Å². The van der Waals surface area contributed by atoms with Crippen LogP contribution in [-0.4, -0.2) is 44.9 Å². The van der Waals surface area contributed by atoms with Crippen molar-refractivity contribution in [2.75, 3.05) is 19.6 Å². The molecule has 3 heterocycles. The highest BCUT2D eigenvalue weighted by atomic mass is 16.2. The van der Waals surface area contributed by atoms with E-state index in [1.165, 1.54) is 31.4 Å². The van der Waals surface area contributed by atoms with Crippen LogP contribution in [-0.2, 0) is 17.8 Å². The van der Waals surface area contributed by atoms with E-state index in [1.807, 2.05) is 29.4 Å². The minimum absolute atomic E-state index is 0.147. The van der Waals surface area contributed by atoms with E-state index in [-0.39, 0.29) is 11.9 Å². The number of imidazole rings is 1. The molecule has 1 aliphatic carbocycles. The molecule has 136 valence electrons. The highest BCUT2D eigenvalue weighted by Gasteiger charge is 2.36. The van der Waals surface area contributed by atoms with Gasteiger partial charge in [0, 0.05) is 24.7 Å². The number of carbonyl (C=O) groups excluding carboxylic acids is 1. The van der Waals surface area contributed by atoms with Crippen LogP contribution in [0.25, 0.3) is 0 Å². The lowest BCUT2D eigenvalue weighted by Crippen LogP contribution is -2.44. The van der Waals surface area contributed by atoms with Crippen LogP contribution in [0.3, 0.4) is 0 Å². The van der Waals surface area contributed by atoms with Crippen molar-refractivity contribution in [3.05, 3.63) is 53.6 Å². The molecule has 0 spiro atoms. The van der Waals surface area contributed by atoms with Gasteiger partial charge in [-0.3, -0.25) is 9.69 Å². The first-order chi connectivity index (χ1) is 12.8. The number of amides is 1. The van der Waals surface area contributed by atoms with E-state index in [0.29, 0.717) is 12.6 Å². The Morgan fingerprint density at radius 3 is 2.58 bits per heavy atom. The molecule has 1 atom stereocenters. The number of fused-ring (bicyclic) bond motifs is 1. The van der Waals surface area contributed by atoms with Crippen LogP contribution in [0.4, 0.5) is 0 Å².